The summed E-state index contributed by atoms with van der Waals surface area (Å²) >= 11 is 0. The van der Waals surface area contributed by atoms with Crippen molar-refractivity contribution in [2.75, 3.05) is 5.32 Å². The lowest BCUT2D eigenvalue weighted by molar-refractivity contribution is 0.649. The molecule has 0 saturated carbocycles. The molecule has 0 aliphatic carbocycles. The van der Waals surface area contributed by atoms with Gasteiger partial charge in [0.05, 0.1) is 12.2 Å². The molecule has 0 bridgehead atoms. The molecule has 2 rings (SSSR count). The molecule has 0 aliphatic heterocycles. The van der Waals surface area contributed by atoms with Crippen LogP contribution in [0.5, 0.6) is 0 Å². The Morgan fingerprint density at radius 1 is 1.31 bits per heavy atom. The molecule has 0 unspecified atom stereocenters. The van der Waals surface area contributed by atoms with E-state index in [9.17, 15) is 0 Å². The molecule has 3 nitrogen and oxygen atoms in total. The van der Waals surface area contributed by atoms with Gasteiger partial charge in [-0.15, -0.1) is 0 Å². The average molecular weight is 215 g/mol. The number of aryl methyl sites for hydroxylation is 2. The molecule has 1 N–H and O–H groups in total. The zero-order chi connectivity index (χ0) is 11.4. The monoisotopic (exact) mass is 215 g/mol. The quantitative estimate of drug-likeness (QED) is 0.850. The predicted octanol–water partition coefficient (Wildman–Crippen LogP) is 2.82. The van der Waals surface area contributed by atoms with Gasteiger partial charge in [-0.05, 0) is 37.6 Å². The van der Waals surface area contributed by atoms with Gasteiger partial charge in [0.15, 0.2) is 0 Å². The minimum absolute atomic E-state index is 0.774. The number of rotatable bonds is 4. The first-order valence-corrected chi connectivity index (χ1v) is 5.61. The Hall–Kier alpha value is -1.77. The van der Waals surface area contributed by atoms with E-state index in [0.29, 0.717) is 0 Å². The second-order valence-corrected chi connectivity index (χ2v) is 3.89. The molecule has 0 fully saturated rings. The maximum Gasteiger partial charge on any atom is 0.0815 e. The molecule has 0 spiro atoms. The lowest BCUT2D eigenvalue weighted by Gasteiger charge is -2.04. The number of nitrogens with one attached hydrogen (secondary N) is 1. The third-order valence-electron chi connectivity index (χ3n) is 2.51. The van der Waals surface area contributed by atoms with E-state index in [-0.39, 0.29) is 0 Å². The smallest absolute Gasteiger partial charge is 0.0815 e. The van der Waals surface area contributed by atoms with Crippen LogP contribution in [0.15, 0.2) is 36.5 Å². The van der Waals surface area contributed by atoms with Crippen LogP contribution in [0, 0.1) is 6.92 Å². The molecule has 0 saturated heterocycles. The molecule has 0 atom stereocenters. The van der Waals surface area contributed by atoms with Gasteiger partial charge >= 0.3 is 0 Å². The van der Waals surface area contributed by atoms with Crippen molar-refractivity contribution < 1.29 is 0 Å². The van der Waals surface area contributed by atoms with Crippen molar-refractivity contribution in [2.24, 2.45) is 0 Å². The van der Waals surface area contributed by atoms with Crippen LogP contribution in [0.3, 0.4) is 0 Å². The molecule has 1 aromatic heterocycles. The lowest BCUT2D eigenvalue weighted by Crippen LogP contribution is -2.02. The van der Waals surface area contributed by atoms with Crippen LogP contribution in [0.4, 0.5) is 5.69 Å². The molecule has 1 heterocycles. The second kappa shape index (κ2) is 4.84. The number of anilines is 1. The zero-order valence-electron chi connectivity index (χ0n) is 9.77. The fourth-order valence-electron chi connectivity index (χ4n) is 1.62. The third-order valence-corrected chi connectivity index (χ3v) is 2.51. The summed E-state index contributed by atoms with van der Waals surface area (Å²) in [6.45, 7) is 5.88. The fraction of sp³-hybridized carbons (Fsp3) is 0.308. The fourth-order valence-corrected chi connectivity index (χ4v) is 1.62. The summed E-state index contributed by atoms with van der Waals surface area (Å²) in [5, 5.41) is 7.78. The van der Waals surface area contributed by atoms with Gasteiger partial charge in [0, 0.05) is 18.4 Å². The van der Waals surface area contributed by atoms with Crippen LogP contribution in [0.2, 0.25) is 0 Å². The van der Waals surface area contributed by atoms with Crippen molar-refractivity contribution in [1.29, 1.82) is 0 Å². The molecule has 2 aromatic rings. The predicted molar refractivity (Wildman–Crippen MR) is 66.4 cm³/mol. The van der Waals surface area contributed by atoms with Gasteiger partial charge in [-0.2, -0.15) is 5.10 Å². The van der Waals surface area contributed by atoms with E-state index in [2.05, 4.69) is 48.5 Å². The minimum Gasteiger partial charge on any atom is -0.379 e. The van der Waals surface area contributed by atoms with E-state index in [1.165, 1.54) is 5.56 Å². The molecule has 84 valence electrons. The first kappa shape index (κ1) is 10.7. The standard InChI is InChI=1S/C13H17N3/c1-3-16-8-7-13(15-16)10-14-12-6-4-5-11(2)9-12/h4-9,14H,3,10H2,1-2H3. The van der Waals surface area contributed by atoms with E-state index in [1.54, 1.807) is 0 Å². The van der Waals surface area contributed by atoms with Gasteiger partial charge in [-0.25, -0.2) is 0 Å². The summed E-state index contributed by atoms with van der Waals surface area (Å²) in [6, 6.07) is 10.4. The number of benzene rings is 1. The van der Waals surface area contributed by atoms with Crippen molar-refractivity contribution in [3.05, 3.63) is 47.8 Å². The SMILES string of the molecule is CCn1ccc(CNc2cccc(C)c2)n1. The Labute approximate surface area is 96.1 Å². The summed E-state index contributed by atoms with van der Waals surface area (Å²) < 4.78 is 1.94. The van der Waals surface area contributed by atoms with Crippen LogP contribution >= 0.6 is 0 Å². The van der Waals surface area contributed by atoms with Crippen LogP contribution < -0.4 is 5.32 Å². The zero-order valence-corrected chi connectivity index (χ0v) is 9.77. The van der Waals surface area contributed by atoms with Crippen molar-refractivity contribution in [2.45, 2.75) is 26.9 Å². The Kier molecular flexibility index (Phi) is 3.25. The summed E-state index contributed by atoms with van der Waals surface area (Å²) in [6.07, 6.45) is 2.01. The molecule has 0 aliphatic rings. The number of aromatic nitrogens is 2. The Morgan fingerprint density at radius 3 is 2.88 bits per heavy atom. The molecule has 16 heavy (non-hydrogen) atoms. The van der Waals surface area contributed by atoms with E-state index < -0.39 is 0 Å². The summed E-state index contributed by atoms with van der Waals surface area (Å²) in [5.41, 5.74) is 3.48. The average Bonchev–Trinajstić information content (AvgIpc) is 2.74. The molecule has 3 heteroatoms. The highest BCUT2D eigenvalue weighted by Crippen LogP contribution is 2.10. The van der Waals surface area contributed by atoms with Gasteiger partial charge in [0.2, 0.25) is 0 Å². The largest absolute Gasteiger partial charge is 0.379 e. The van der Waals surface area contributed by atoms with Crippen LogP contribution in [-0.2, 0) is 13.1 Å². The van der Waals surface area contributed by atoms with Crippen molar-refractivity contribution in [3.8, 4) is 0 Å². The Balaban J connectivity index is 1.96. The van der Waals surface area contributed by atoms with Crippen LogP contribution in [-0.4, -0.2) is 9.78 Å². The lowest BCUT2D eigenvalue weighted by atomic mass is 10.2. The number of hydrogen-bond donors (Lipinski definition) is 1. The highest BCUT2D eigenvalue weighted by molar-refractivity contribution is 5.45. The molecular formula is C13H17N3. The van der Waals surface area contributed by atoms with Gasteiger partial charge in [-0.3, -0.25) is 4.68 Å². The van der Waals surface area contributed by atoms with Gasteiger partial charge < -0.3 is 5.32 Å². The maximum absolute atomic E-state index is 4.42. The molecule has 0 radical (unpaired) electrons. The van der Waals surface area contributed by atoms with Crippen molar-refractivity contribution in [3.63, 3.8) is 0 Å². The van der Waals surface area contributed by atoms with Crippen LogP contribution in [0.1, 0.15) is 18.2 Å². The van der Waals surface area contributed by atoms with Crippen LogP contribution in [0.25, 0.3) is 0 Å². The maximum atomic E-state index is 4.42. The molecule has 1 aromatic carbocycles. The number of nitrogens with zero attached hydrogens (tertiary/aromatic N) is 2. The van der Waals surface area contributed by atoms with Gasteiger partial charge in [-0.1, -0.05) is 12.1 Å². The topological polar surface area (TPSA) is 29.9 Å². The second-order valence-electron chi connectivity index (χ2n) is 3.89. The number of hydrogen-bond acceptors (Lipinski definition) is 2. The van der Waals surface area contributed by atoms with E-state index in [0.717, 1.165) is 24.5 Å². The highest BCUT2D eigenvalue weighted by Gasteiger charge is 1.97. The highest BCUT2D eigenvalue weighted by atomic mass is 15.3. The van der Waals surface area contributed by atoms with Crippen molar-refractivity contribution >= 4 is 5.69 Å². The van der Waals surface area contributed by atoms with Crippen molar-refractivity contribution in [1.82, 2.24) is 9.78 Å². The first-order chi connectivity index (χ1) is 7.78. The minimum atomic E-state index is 0.774. The summed E-state index contributed by atoms with van der Waals surface area (Å²) in [5.74, 6) is 0. The summed E-state index contributed by atoms with van der Waals surface area (Å²) in [4.78, 5) is 0. The Morgan fingerprint density at radius 2 is 2.19 bits per heavy atom. The van der Waals surface area contributed by atoms with E-state index in [4.69, 9.17) is 0 Å². The molecular weight excluding hydrogens is 198 g/mol. The van der Waals surface area contributed by atoms with E-state index in [1.807, 2.05) is 16.9 Å². The summed E-state index contributed by atoms with van der Waals surface area (Å²) in [7, 11) is 0. The third kappa shape index (κ3) is 2.63. The van der Waals surface area contributed by atoms with Gasteiger partial charge in [0.1, 0.15) is 0 Å². The Bertz CT molecular complexity index is 460. The van der Waals surface area contributed by atoms with Gasteiger partial charge in [0.25, 0.3) is 0 Å². The normalized spacial score (nSPS) is 10.4. The first-order valence-electron chi connectivity index (χ1n) is 5.61. The molecule has 0 amide bonds. The van der Waals surface area contributed by atoms with E-state index >= 15 is 0 Å².